The molecule has 0 radical (unpaired) electrons. The smallest absolute Gasteiger partial charge is 0.310 e. The molecule has 150 valence electrons. The van der Waals surface area contributed by atoms with Crippen LogP contribution in [0.5, 0.6) is 11.5 Å². The average Bonchev–Trinajstić information content (AvgIpc) is 3.24. The molecule has 2 heterocycles. The van der Waals surface area contributed by atoms with E-state index in [-0.39, 0.29) is 30.2 Å². The number of carbonyl (C=O) groups excluding carboxylic acids is 1. The third-order valence-corrected chi connectivity index (χ3v) is 7.31. The van der Waals surface area contributed by atoms with E-state index < -0.39 is 0 Å². The molecule has 2 fully saturated rings. The lowest BCUT2D eigenvalue weighted by Crippen LogP contribution is -2.40. The summed E-state index contributed by atoms with van der Waals surface area (Å²) in [7, 11) is 0. The number of benzene rings is 1. The van der Waals surface area contributed by atoms with Crippen LogP contribution >= 0.6 is 0 Å². The number of nitrogens with one attached hydrogen (secondary N) is 1. The summed E-state index contributed by atoms with van der Waals surface area (Å²) in [6, 6.07) is 5.99. The fourth-order valence-corrected chi connectivity index (χ4v) is 5.77. The number of fused-ring (bicyclic) bond motifs is 3. The molecule has 5 nitrogen and oxygen atoms in total. The molecule has 0 amide bonds. The van der Waals surface area contributed by atoms with Crippen LogP contribution in [-0.2, 0) is 16.1 Å². The van der Waals surface area contributed by atoms with Crippen molar-refractivity contribution in [3.8, 4) is 11.5 Å². The van der Waals surface area contributed by atoms with Crippen molar-refractivity contribution in [1.82, 2.24) is 5.32 Å². The Hall–Kier alpha value is -2.01. The lowest BCUT2D eigenvalue weighted by molar-refractivity contribution is -0.145. The maximum absolute atomic E-state index is 12.6. The molecule has 5 heteroatoms. The van der Waals surface area contributed by atoms with E-state index in [0.717, 1.165) is 29.9 Å². The number of rotatable bonds is 4. The fourth-order valence-electron chi connectivity index (χ4n) is 5.77. The van der Waals surface area contributed by atoms with Crippen molar-refractivity contribution in [2.24, 2.45) is 17.3 Å². The van der Waals surface area contributed by atoms with Crippen molar-refractivity contribution in [2.45, 2.75) is 58.6 Å². The van der Waals surface area contributed by atoms with Crippen LogP contribution in [0.25, 0.3) is 0 Å². The second-order valence-corrected chi connectivity index (χ2v) is 9.15. The van der Waals surface area contributed by atoms with Gasteiger partial charge in [0.1, 0.15) is 6.10 Å². The van der Waals surface area contributed by atoms with Gasteiger partial charge in [0.15, 0.2) is 11.5 Å². The van der Waals surface area contributed by atoms with Gasteiger partial charge in [0.25, 0.3) is 0 Å². The Morgan fingerprint density at radius 1 is 1.25 bits per heavy atom. The van der Waals surface area contributed by atoms with Gasteiger partial charge in [-0.05, 0) is 62.1 Å². The van der Waals surface area contributed by atoms with Gasteiger partial charge in [-0.2, -0.15) is 0 Å². The first-order chi connectivity index (χ1) is 13.5. The first-order valence-corrected chi connectivity index (χ1v) is 10.5. The highest BCUT2D eigenvalue weighted by molar-refractivity contribution is 5.76. The van der Waals surface area contributed by atoms with Crippen LogP contribution in [0, 0.1) is 17.3 Å². The molecule has 2 aliphatic heterocycles. The van der Waals surface area contributed by atoms with Crippen LogP contribution in [0.15, 0.2) is 29.3 Å². The van der Waals surface area contributed by atoms with Gasteiger partial charge in [-0.15, -0.1) is 0 Å². The summed E-state index contributed by atoms with van der Waals surface area (Å²) in [6.07, 6.45) is 5.81. The number of ether oxygens (including phenoxy) is 3. The number of allylic oxidation sites excluding steroid dienone is 2. The van der Waals surface area contributed by atoms with E-state index >= 15 is 0 Å². The molecule has 4 atom stereocenters. The third-order valence-electron chi connectivity index (χ3n) is 7.31. The summed E-state index contributed by atoms with van der Waals surface area (Å²) < 4.78 is 16.7. The van der Waals surface area contributed by atoms with E-state index in [2.05, 4.69) is 19.2 Å². The monoisotopic (exact) mass is 383 g/mol. The Bertz CT molecular complexity index is 832. The first-order valence-electron chi connectivity index (χ1n) is 10.5. The van der Waals surface area contributed by atoms with Crippen molar-refractivity contribution in [3.63, 3.8) is 0 Å². The van der Waals surface area contributed by atoms with Crippen LogP contribution in [0.4, 0.5) is 0 Å². The molecular weight excluding hydrogens is 354 g/mol. The molecule has 0 aromatic heterocycles. The molecule has 0 spiro atoms. The van der Waals surface area contributed by atoms with Gasteiger partial charge in [-0.25, -0.2) is 0 Å². The zero-order valence-corrected chi connectivity index (χ0v) is 16.8. The minimum atomic E-state index is -0.0502. The number of esters is 1. The maximum atomic E-state index is 12.6. The standard InChI is InChI=1S/C23H29NO4/c1-14-4-3-7-23(2)10-21-16(9-18(14)23)17(22(25)28-21)12-24-11-15-5-6-19-20(8-15)27-13-26-19/h5-6,8,16-17,21,24H,3-4,7,9-13H2,1-2H3. The molecule has 5 rings (SSSR count). The fraction of sp³-hybridized carbons (Fsp3) is 0.609. The van der Waals surface area contributed by atoms with Gasteiger partial charge in [-0.3, -0.25) is 4.79 Å². The predicted molar refractivity (Wildman–Crippen MR) is 105 cm³/mol. The topological polar surface area (TPSA) is 56.8 Å². The Balaban J connectivity index is 1.25. The van der Waals surface area contributed by atoms with Crippen LogP contribution in [-0.4, -0.2) is 25.4 Å². The van der Waals surface area contributed by atoms with Crippen LogP contribution in [0.3, 0.4) is 0 Å². The Labute approximate surface area is 166 Å². The summed E-state index contributed by atoms with van der Waals surface area (Å²) in [5.41, 5.74) is 4.53. The molecular formula is C23H29NO4. The van der Waals surface area contributed by atoms with Crippen molar-refractivity contribution in [3.05, 3.63) is 34.9 Å². The minimum absolute atomic E-state index is 0.0197. The van der Waals surface area contributed by atoms with Crippen molar-refractivity contribution in [1.29, 1.82) is 0 Å². The van der Waals surface area contributed by atoms with E-state index in [1.54, 1.807) is 11.1 Å². The normalized spacial score (nSPS) is 33.5. The molecule has 1 N–H and O–H groups in total. The van der Waals surface area contributed by atoms with Crippen LogP contribution in [0.2, 0.25) is 0 Å². The van der Waals surface area contributed by atoms with E-state index in [4.69, 9.17) is 14.2 Å². The largest absolute Gasteiger partial charge is 0.462 e. The summed E-state index contributed by atoms with van der Waals surface area (Å²) >= 11 is 0. The highest BCUT2D eigenvalue weighted by Crippen LogP contribution is 2.54. The molecule has 1 aromatic carbocycles. The number of hydrogen-bond acceptors (Lipinski definition) is 5. The van der Waals surface area contributed by atoms with Gasteiger partial charge in [0.05, 0.1) is 5.92 Å². The van der Waals surface area contributed by atoms with E-state index in [1.807, 2.05) is 18.2 Å². The molecule has 4 aliphatic rings. The third kappa shape index (κ3) is 3.00. The van der Waals surface area contributed by atoms with E-state index in [0.29, 0.717) is 19.0 Å². The maximum Gasteiger partial charge on any atom is 0.310 e. The van der Waals surface area contributed by atoms with Gasteiger partial charge in [0.2, 0.25) is 6.79 Å². The van der Waals surface area contributed by atoms with Gasteiger partial charge >= 0.3 is 5.97 Å². The predicted octanol–water partition coefficient (Wildman–Crippen LogP) is 3.96. The zero-order chi connectivity index (χ0) is 19.3. The number of hydrogen-bond donors (Lipinski definition) is 1. The van der Waals surface area contributed by atoms with Crippen molar-refractivity contribution >= 4 is 5.97 Å². The second-order valence-electron chi connectivity index (χ2n) is 9.15. The summed E-state index contributed by atoms with van der Waals surface area (Å²) in [5.74, 6) is 1.84. The van der Waals surface area contributed by atoms with Crippen molar-refractivity contribution in [2.75, 3.05) is 13.3 Å². The molecule has 0 bridgehead atoms. The lowest BCUT2D eigenvalue weighted by atomic mass is 9.59. The molecule has 28 heavy (non-hydrogen) atoms. The quantitative estimate of drug-likeness (QED) is 0.630. The second kappa shape index (κ2) is 6.80. The summed E-state index contributed by atoms with van der Waals surface area (Å²) in [6.45, 7) is 6.32. The molecule has 4 unspecified atom stereocenters. The highest BCUT2D eigenvalue weighted by atomic mass is 16.7. The Morgan fingerprint density at radius 2 is 2.11 bits per heavy atom. The molecule has 1 aromatic rings. The van der Waals surface area contributed by atoms with Gasteiger partial charge in [-0.1, -0.05) is 24.1 Å². The zero-order valence-electron chi connectivity index (χ0n) is 16.8. The minimum Gasteiger partial charge on any atom is -0.462 e. The first kappa shape index (κ1) is 18.0. The van der Waals surface area contributed by atoms with Crippen molar-refractivity contribution < 1.29 is 19.0 Å². The summed E-state index contributed by atoms with van der Waals surface area (Å²) in [5, 5.41) is 3.48. The number of carbonyl (C=O) groups is 1. The van der Waals surface area contributed by atoms with Gasteiger partial charge < -0.3 is 19.5 Å². The molecule has 1 saturated carbocycles. The van der Waals surface area contributed by atoms with Gasteiger partial charge in [0, 0.05) is 19.0 Å². The lowest BCUT2D eigenvalue weighted by Gasteiger charge is -2.45. The van der Waals surface area contributed by atoms with Crippen LogP contribution < -0.4 is 14.8 Å². The molecule has 1 saturated heterocycles. The van der Waals surface area contributed by atoms with E-state index in [9.17, 15) is 4.79 Å². The summed E-state index contributed by atoms with van der Waals surface area (Å²) in [4.78, 5) is 12.6. The average molecular weight is 383 g/mol. The van der Waals surface area contributed by atoms with Crippen LogP contribution in [0.1, 0.15) is 51.5 Å². The molecule has 2 aliphatic carbocycles. The Kier molecular flexibility index (Phi) is 4.38. The SMILES string of the molecule is CC1=C2CC3C(CC2(C)CCC1)OC(=O)C3CNCc1ccc2c(c1)OCO2. The Morgan fingerprint density at radius 3 is 3.00 bits per heavy atom. The van der Waals surface area contributed by atoms with E-state index in [1.165, 1.54) is 19.3 Å². The highest BCUT2D eigenvalue weighted by Gasteiger charge is 2.52.